The van der Waals surface area contributed by atoms with E-state index in [1.165, 1.54) is 37.3 Å². The Kier molecular flexibility index (Phi) is 5.61. The maximum absolute atomic E-state index is 14.8. The van der Waals surface area contributed by atoms with Crippen LogP contribution in [0, 0.1) is 11.7 Å². The third-order valence-corrected chi connectivity index (χ3v) is 6.37. The molecule has 6 heteroatoms. The molecule has 3 aromatic rings. The number of halogens is 1. The predicted molar refractivity (Wildman–Crippen MR) is 116 cm³/mol. The van der Waals surface area contributed by atoms with Crippen LogP contribution >= 0.6 is 0 Å². The van der Waals surface area contributed by atoms with Gasteiger partial charge in [0, 0.05) is 17.8 Å². The highest BCUT2D eigenvalue weighted by molar-refractivity contribution is 5.88. The van der Waals surface area contributed by atoms with Gasteiger partial charge in [0.05, 0.1) is 11.1 Å². The third-order valence-electron chi connectivity index (χ3n) is 6.37. The van der Waals surface area contributed by atoms with Crippen LogP contribution in [-0.4, -0.2) is 27.9 Å². The Balaban J connectivity index is 1.83. The van der Waals surface area contributed by atoms with Gasteiger partial charge in [-0.25, -0.2) is 14.0 Å². The number of carbonyl (C=O) groups excluding carboxylic acids is 1. The zero-order valence-corrected chi connectivity index (χ0v) is 17.2. The molecule has 4 unspecified atom stereocenters. The van der Waals surface area contributed by atoms with Gasteiger partial charge in [-0.05, 0) is 59.9 Å². The lowest BCUT2D eigenvalue weighted by Gasteiger charge is -2.52. The number of aromatic carboxylic acids is 2. The van der Waals surface area contributed by atoms with E-state index >= 15 is 0 Å². The van der Waals surface area contributed by atoms with Crippen LogP contribution in [0.3, 0.4) is 0 Å². The summed E-state index contributed by atoms with van der Waals surface area (Å²) >= 11 is 0. The number of hydrogen-bond donors (Lipinski definition) is 2. The van der Waals surface area contributed by atoms with Crippen molar-refractivity contribution >= 4 is 17.7 Å². The first kappa shape index (κ1) is 21.4. The molecule has 162 valence electrons. The van der Waals surface area contributed by atoms with Crippen LogP contribution in [0.1, 0.15) is 62.1 Å². The second-order valence-electron chi connectivity index (χ2n) is 8.09. The molecule has 1 fully saturated rings. The molecule has 5 nitrogen and oxygen atoms in total. The first-order valence-electron chi connectivity index (χ1n) is 10.2. The smallest absolute Gasteiger partial charge is 0.335 e. The minimum atomic E-state index is -1.04. The Bertz CT molecular complexity index is 1180. The fourth-order valence-electron chi connectivity index (χ4n) is 4.91. The van der Waals surface area contributed by atoms with Crippen molar-refractivity contribution in [2.45, 2.75) is 24.7 Å². The molecule has 0 bridgehead atoms. The molecule has 4 atom stereocenters. The van der Waals surface area contributed by atoms with Crippen molar-refractivity contribution in [1.29, 1.82) is 0 Å². The Labute approximate surface area is 184 Å². The van der Waals surface area contributed by atoms with Crippen LogP contribution in [0.5, 0.6) is 0 Å². The van der Waals surface area contributed by atoms with Gasteiger partial charge >= 0.3 is 11.9 Å². The minimum absolute atomic E-state index is 0.0797. The van der Waals surface area contributed by atoms with E-state index in [9.17, 15) is 29.0 Å². The summed E-state index contributed by atoms with van der Waals surface area (Å²) in [6.07, 6.45) is 0. The van der Waals surface area contributed by atoms with Crippen molar-refractivity contribution in [1.82, 2.24) is 0 Å². The summed E-state index contributed by atoms with van der Waals surface area (Å²) < 4.78 is 14.8. The van der Waals surface area contributed by atoms with Gasteiger partial charge in [-0.1, -0.05) is 42.5 Å². The summed E-state index contributed by atoms with van der Waals surface area (Å²) in [6.45, 7) is 1.49. The normalized spacial score (nSPS) is 22.1. The number of carboxylic acid groups (broad SMARTS) is 2. The number of carboxylic acids is 2. The molecule has 0 heterocycles. The fourth-order valence-corrected chi connectivity index (χ4v) is 4.91. The molecular formula is C26H21FO5. The molecule has 1 saturated carbocycles. The highest BCUT2D eigenvalue weighted by Gasteiger charge is 2.54. The van der Waals surface area contributed by atoms with Gasteiger partial charge < -0.3 is 10.2 Å². The summed E-state index contributed by atoms with van der Waals surface area (Å²) in [6, 6.07) is 19.2. The van der Waals surface area contributed by atoms with Crippen molar-refractivity contribution in [3.8, 4) is 0 Å². The van der Waals surface area contributed by atoms with Crippen LogP contribution in [0.4, 0.5) is 4.39 Å². The van der Waals surface area contributed by atoms with Crippen molar-refractivity contribution < 1.29 is 29.0 Å². The molecule has 0 aromatic heterocycles. The highest BCUT2D eigenvalue weighted by Crippen LogP contribution is 2.62. The van der Waals surface area contributed by atoms with Crippen molar-refractivity contribution in [2.24, 2.45) is 5.92 Å². The van der Waals surface area contributed by atoms with E-state index in [1.54, 1.807) is 42.5 Å². The van der Waals surface area contributed by atoms with Crippen LogP contribution < -0.4 is 0 Å². The molecule has 3 aromatic carbocycles. The number of hydrogen-bond acceptors (Lipinski definition) is 3. The zero-order chi connectivity index (χ0) is 23.0. The van der Waals surface area contributed by atoms with Crippen LogP contribution in [0.2, 0.25) is 0 Å². The molecule has 0 aliphatic heterocycles. The summed E-state index contributed by atoms with van der Waals surface area (Å²) in [7, 11) is 0. The standard InChI is InChI=1S/C26H21FO5/c1-14(28)21-22(15-6-10-17(11-7-15)25(29)30)23(16-8-12-18(13-9-16)26(31)32)24(21)19-4-2-3-5-20(19)27/h2-13,21-24H,1H3,(H,29,30)(H,31,32). The molecule has 32 heavy (non-hydrogen) atoms. The van der Waals surface area contributed by atoms with E-state index in [4.69, 9.17) is 0 Å². The van der Waals surface area contributed by atoms with Crippen LogP contribution in [0.25, 0.3) is 0 Å². The monoisotopic (exact) mass is 432 g/mol. The Morgan fingerprint density at radius 3 is 1.59 bits per heavy atom. The van der Waals surface area contributed by atoms with Gasteiger partial charge in [-0.3, -0.25) is 4.79 Å². The van der Waals surface area contributed by atoms with E-state index in [2.05, 4.69) is 0 Å². The first-order chi connectivity index (χ1) is 15.3. The predicted octanol–water partition coefficient (Wildman–Crippen LogP) is 5.09. The molecule has 2 N–H and O–H groups in total. The minimum Gasteiger partial charge on any atom is -0.478 e. The SMILES string of the molecule is CC(=O)C1C(c2ccc(C(=O)O)cc2)C(c2ccc(C(=O)O)cc2)C1c1ccccc1F. The molecule has 0 radical (unpaired) electrons. The molecule has 0 spiro atoms. The van der Waals surface area contributed by atoms with Crippen molar-refractivity contribution in [2.75, 3.05) is 0 Å². The maximum atomic E-state index is 14.8. The molecule has 0 saturated heterocycles. The topological polar surface area (TPSA) is 91.7 Å². The fraction of sp³-hybridized carbons (Fsp3) is 0.192. The number of Topliss-reactive ketones (excluding diaryl/α,β-unsaturated/α-hetero) is 1. The van der Waals surface area contributed by atoms with Gasteiger partial charge in [-0.2, -0.15) is 0 Å². The van der Waals surface area contributed by atoms with Crippen molar-refractivity contribution in [3.63, 3.8) is 0 Å². The van der Waals surface area contributed by atoms with E-state index in [0.29, 0.717) is 5.56 Å². The highest BCUT2D eigenvalue weighted by atomic mass is 19.1. The lowest BCUT2D eigenvalue weighted by atomic mass is 9.49. The Morgan fingerprint density at radius 2 is 1.16 bits per heavy atom. The molecule has 1 aliphatic rings. The second kappa shape index (κ2) is 8.38. The van der Waals surface area contributed by atoms with Gasteiger partial charge in [0.25, 0.3) is 0 Å². The molecular weight excluding hydrogens is 411 g/mol. The first-order valence-corrected chi connectivity index (χ1v) is 10.2. The summed E-state index contributed by atoms with van der Waals surface area (Å²) in [5, 5.41) is 18.4. The number of rotatable bonds is 6. The average molecular weight is 432 g/mol. The third kappa shape index (κ3) is 3.68. The van der Waals surface area contributed by atoms with Gasteiger partial charge in [0.1, 0.15) is 11.6 Å². The second-order valence-corrected chi connectivity index (χ2v) is 8.09. The van der Waals surface area contributed by atoms with Crippen LogP contribution in [-0.2, 0) is 4.79 Å². The molecule has 0 amide bonds. The maximum Gasteiger partial charge on any atom is 0.335 e. The molecule has 1 aliphatic carbocycles. The van der Waals surface area contributed by atoms with E-state index in [0.717, 1.165) is 11.1 Å². The van der Waals surface area contributed by atoms with E-state index < -0.39 is 29.6 Å². The summed E-state index contributed by atoms with van der Waals surface area (Å²) in [5.41, 5.74) is 2.31. The number of carbonyl (C=O) groups is 3. The molecule has 4 rings (SSSR count). The van der Waals surface area contributed by atoms with Gasteiger partial charge in [0.2, 0.25) is 0 Å². The van der Waals surface area contributed by atoms with Gasteiger partial charge in [0.15, 0.2) is 0 Å². The van der Waals surface area contributed by atoms with Crippen LogP contribution in [0.15, 0.2) is 72.8 Å². The zero-order valence-electron chi connectivity index (χ0n) is 17.2. The lowest BCUT2D eigenvalue weighted by molar-refractivity contribution is -0.126. The van der Waals surface area contributed by atoms with E-state index in [1.807, 2.05) is 0 Å². The number of benzene rings is 3. The van der Waals surface area contributed by atoms with Gasteiger partial charge in [-0.15, -0.1) is 0 Å². The lowest BCUT2D eigenvalue weighted by Crippen LogP contribution is -2.45. The quantitative estimate of drug-likeness (QED) is 0.566. The van der Waals surface area contributed by atoms with E-state index in [-0.39, 0.29) is 28.7 Å². The number of ketones is 1. The van der Waals surface area contributed by atoms with Crippen molar-refractivity contribution in [3.05, 3.63) is 106 Å². The Hall–Kier alpha value is -3.80. The average Bonchev–Trinajstić information content (AvgIpc) is 2.75. The summed E-state index contributed by atoms with van der Waals surface area (Å²) in [5.74, 6) is -4.05. The Morgan fingerprint density at radius 1 is 0.688 bits per heavy atom. The summed E-state index contributed by atoms with van der Waals surface area (Å²) in [4.78, 5) is 35.2. The largest absolute Gasteiger partial charge is 0.478 e.